The number of fused-ring (bicyclic) bond motifs is 1. The summed E-state index contributed by atoms with van der Waals surface area (Å²) in [5.74, 6) is 0.202. The van der Waals surface area contributed by atoms with Crippen LogP contribution in [0, 0.1) is 0 Å². The van der Waals surface area contributed by atoms with Gasteiger partial charge in [0.2, 0.25) is 0 Å². The number of amides is 1. The Morgan fingerprint density at radius 2 is 2.08 bits per heavy atom. The number of aliphatic imine (C=N–C) groups is 2. The average Bonchev–Trinajstić information content (AvgIpc) is 2.96. The predicted molar refractivity (Wildman–Crippen MR) is 93.8 cm³/mol. The number of ether oxygens (including phenoxy) is 1. The summed E-state index contributed by atoms with van der Waals surface area (Å²) < 4.78 is 5.51. The highest BCUT2D eigenvalue weighted by Crippen LogP contribution is 2.23. The third kappa shape index (κ3) is 3.37. The fourth-order valence-electron chi connectivity index (χ4n) is 2.45. The van der Waals surface area contributed by atoms with Gasteiger partial charge in [0.25, 0.3) is 5.91 Å². The molecule has 0 saturated heterocycles. The second-order valence-corrected chi connectivity index (χ2v) is 5.86. The minimum atomic E-state index is -0.770. The van der Waals surface area contributed by atoms with Crippen LogP contribution >= 0.6 is 0 Å². The van der Waals surface area contributed by atoms with E-state index < -0.39 is 6.29 Å². The first-order valence-corrected chi connectivity index (χ1v) is 7.88. The molecule has 1 aromatic rings. The van der Waals surface area contributed by atoms with E-state index in [1.165, 1.54) is 4.90 Å². The van der Waals surface area contributed by atoms with Gasteiger partial charge in [-0.15, -0.1) is 0 Å². The number of nitrogens with two attached hydrogens (primary N) is 1. The van der Waals surface area contributed by atoms with Gasteiger partial charge in [0.15, 0.2) is 12.1 Å². The van der Waals surface area contributed by atoms with E-state index in [9.17, 15) is 4.79 Å². The monoisotopic (exact) mass is 327 g/mol. The van der Waals surface area contributed by atoms with Crippen molar-refractivity contribution in [2.75, 3.05) is 18.6 Å². The molecule has 24 heavy (non-hydrogen) atoms. The SMILES string of the molecule is CC(C)OCN1C(=O)C2=C(CNc3ccccc3)C=NC2=NC1N. The number of nitrogens with one attached hydrogen (secondary N) is 1. The summed E-state index contributed by atoms with van der Waals surface area (Å²) in [6, 6.07) is 9.78. The van der Waals surface area contributed by atoms with Crippen LogP contribution in [0.5, 0.6) is 0 Å². The molecule has 0 aliphatic carbocycles. The van der Waals surface area contributed by atoms with E-state index in [1.807, 2.05) is 44.2 Å². The van der Waals surface area contributed by atoms with Gasteiger partial charge in [-0.25, -0.2) is 9.98 Å². The molecule has 3 N–H and O–H groups in total. The first-order valence-electron chi connectivity index (χ1n) is 7.88. The molecule has 0 saturated carbocycles. The minimum absolute atomic E-state index is 0.00315. The zero-order valence-corrected chi connectivity index (χ0v) is 13.8. The van der Waals surface area contributed by atoms with Crippen LogP contribution in [0.4, 0.5) is 5.69 Å². The molecule has 0 bridgehead atoms. The average molecular weight is 327 g/mol. The molecular formula is C17H21N5O2. The molecule has 7 heteroatoms. The van der Waals surface area contributed by atoms with Crippen LogP contribution in [-0.2, 0) is 9.53 Å². The number of para-hydroxylation sites is 1. The fourth-order valence-corrected chi connectivity index (χ4v) is 2.45. The van der Waals surface area contributed by atoms with Crippen molar-refractivity contribution in [2.45, 2.75) is 26.2 Å². The molecule has 126 valence electrons. The first-order chi connectivity index (χ1) is 11.6. The van der Waals surface area contributed by atoms with Crippen molar-refractivity contribution in [2.24, 2.45) is 15.7 Å². The number of rotatable bonds is 6. The summed E-state index contributed by atoms with van der Waals surface area (Å²) in [7, 11) is 0. The van der Waals surface area contributed by atoms with Crippen LogP contribution in [0.2, 0.25) is 0 Å². The molecule has 7 nitrogen and oxygen atoms in total. The van der Waals surface area contributed by atoms with Crippen LogP contribution in [-0.4, -0.2) is 48.5 Å². The Hall–Kier alpha value is -2.51. The van der Waals surface area contributed by atoms with Crippen LogP contribution in [0.25, 0.3) is 0 Å². The highest BCUT2D eigenvalue weighted by Gasteiger charge is 2.35. The van der Waals surface area contributed by atoms with Gasteiger partial charge >= 0.3 is 0 Å². The molecule has 1 unspecified atom stereocenters. The summed E-state index contributed by atoms with van der Waals surface area (Å²) in [6.07, 6.45) is 0.902. The van der Waals surface area contributed by atoms with Crippen molar-refractivity contribution in [1.82, 2.24) is 4.90 Å². The summed E-state index contributed by atoms with van der Waals surface area (Å²) in [6.45, 7) is 4.41. The van der Waals surface area contributed by atoms with E-state index in [0.29, 0.717) is 18.0 Å². The normalized spacial score (nSPS) is 19.8. The number of carbonyl (C=O) groups excluding carboxylic acids is 1. The maximum Gasteiger partial charge on any atom is 0.262 e. The van der Waals surface area contributed by atoms with Gasteiger partial charge in [-0.3, -0.25) is 15.4 Å². The summed E-state index contributed by atoms with van der Waals surface area (Å²) in [5.41, 5.74) is 8.21. The van der Waals surface area contributed by atoms with Gasteiger partial charge < -0.3 is 10.1 Å². The van der Waals surface area contributed by atoms with Gasteiger partial charge in [-0.05, 0) is 26.0 Å². The van der Waals surface area contributed by atoms with Gasteiger partial charge in [0.1, 0.15) is 6.73 Å². The second-order valence-electron chi connectivity index (χ2n) is 5.86. The summed E-state index contributed by atoms with van der Waals surface area (Å²) in [4.78, 5) is 22.7. The zero-order valence-electron chi connectivity index (χ0n) is 13.8. The standard InChI is InChI=1S/C17H21N5O2/c1-11(2)24-10-22-16(23)14-12(9-20-15(14)21-17(22)18)8-19-13-6-4-3-5-7-13/h3-7,9,11,17,19H,8,10,18H2,1-2H3. The van der Waals surface area contributed by atoms with Crippen LogP contribution < -0.4 is 11.1 Å². The third-order valence-corrected chi connectivity index (χ3v) is 3.74. The van der Waals surface area contributed by atoms with E-state index in [2.05, 4.69) is 15.3 Å². The zero-order chi connectivity index (χ0) is 17.1. The van der Waals surface area contributed by atoms with Crippen LogP contribution in [0.1, 0.15) is 13.8 Å². The van der Waals surface area contributed by atoms with Crippen molar-refractivity contribution in [3.63, 3.8) is 0 Å². The number of nitrogens with zero attached hydrogens (tertiary/aromatic N) is 3. The maximum absolute atomic E-state index is 12.8. The van der Waals surface area contributed by atoms with Crippen molar-refractivity contribution >= 4 is 23.6 Å². The predicted octanol–water partition coefficient (Wildman–Crippen LogP) is 1.35. The Labute approximate surface area is 140 Å². The number of anilines is 1. The van der Waals surface area contributed by atoms with Gasteiger partial charge in [0, 0.05) is 24.0 Å². The number of benzene rings is 1. The highest BCUT2D eigenvalue weighted by atomic mass is 16.5. The van der Waals surface area contributed by atoms with Crippen molar-refractivity contribution in [3.05, 3.63) is 41.5 Å². The molecule has 2 heterocycles. The van der Waals surface area contributed by atoms with Crippen LogP contribution in [0.15, 0.2) is 51.5 Å². The molecule has 0 aromatic heterocycles. The van der Waals surface area contributed by atoms with E-state index >= 15 is 0 Å². The highest BCUT2D eigenvalue weighted by molar-refractivity contribution is 6.30. The van der Waals surface area contributed by atoms with Gasteiger partial charge in [0.05, 0.1) is 11.7 Å². The topological polar surface area (TPSA) is 92.3 Å². The Balaban J connectivity index is 1.77. The largest absolute Gasteiger partial charge is 0.381 e. The van der Waals surface area contributed by atoms with E-state index in [1.54, 1.807) is 6.21 Å². The molecule has 2 aliphatic rings. The number of hydrogen-bond acceptors (Lipinski definition) is 6. The summed E-state index contributed by atoms with van der Waals surface area (Å²) >= 11 is 0. The van der Waals surface area contributed by atoms with E-state index in [4.69, 9.17) is 10.5 Å². The Morgan fingerprint density at radius 1 is 1.33 bits per heavy atom. The molecule has 3 rings (SSSR count). The Morgan fingerprint density at radius 3 is 2.79 bits per heavy atom. The minimum Gasteiger partial charge on any atom is -0.381 e. The molecule has 1 amide bonds. The van der Waals surface area contributed by atoms with Crippen molar-refractivity contribution in [1.29, 1.82) is 0 Å². The Bertz CT molecular complexity index is 709. The number of hydrogen-bond donors (Lipinski definition) is 2. The lowest BCUT2D eigenvalue weighted by atomic mass is 10.1. The fraction of sp³-hybridized carbons (Fsp3) is 0.353. The molecular weight excluding hydrogens is 306 g/mol. The molecule has 1 atom stereocenters. The molecule has 0 radical (unpaired) electrons. The van der Waals surface area contributed by atoms with Crippen molar-refractivity contribution in [3.8, 4) is 0 Å². The molecule has 0 fully saturated rings. The maximum atomic E-state index is 12.8. The second kappa shape index (κ2) is 6.94. The van der Waals surface area contributed by atoms with E-state index in [0.717, 1.165) is 11.3 Å². The number of amidine groups is 1. The molecule has 2 aliphatic heterocycles. The van der Waals surface area contributed by atoms with Gasteiger partial charge in [-0.2, -0.15) is 0 Å². The first kappa shape index (κ1) is 16.4. The lowest BCUT2D eigenvalue weighted by molar-refractivity contribution is -0.137. The van der Waals surface area contributed by atoms with Crippen molar-refractivity contribution < 1.29 is 9.53 Å². The molecule has 1 aromatic carbocycles. The smallest absolute Gasteiger partial charge is 0.262 e. The van der Waals surface area contributed by atoms with E-state index in [-0.39, 0.29) is 18.7 Å². The quantitative estimate of drug-likeness (QED) is 0.825. The molecule has 0 spiro atoms. The lowest BCUT2D eigenvalue weighted by Crippen LogP contribution is -2.51. The van der Waals surface area contributed by atoms with Crippen LogP contribution in [0.3, 0.4) is 0 Å². The summed E-state index contributed by atoms with van der Waals surface area (Å²) in [5, 5.41) is 3.28. The Kier molecular flexibility index (Phi) is 4.73. The number of carbonyl (C=O) groups is 1. The van der Waals surface area contributed by atoms with Gasteiger partial charge in [-0.1, -0.05) is 18.2 Å². The lowest BCUT2D eigenvalue weighted by Gasteiger charge is -2.31. The third-order valence-electron chi connectivity index (χ3n) is 3.74.